The van der Waals surface area contributed by atoms with Crippen molar-refractivity contribution < 1.29 is 4.79 Å². The minimum Gasteiger partial charge on any atom is -0.354 e. The van der Waals surface area contributed by atoms with E-state index < -0.39 is 0 Å². The molecule has 0 spiro atoms. The van der Waals surface area contributed by atoms with Crippen LogP contribution >= 0.6 is 0 Å². The van der Waals surface area contributed by atoms with E-state index in [-0.39, 0.29) is 17.4 Å². The zero-order valence-corrected chi connectivity index (χ0v) is 10.7. The molecule has 0 radical (unpaired) electrons. The maximum absolute atomic E-state index is 11.9. The monoisotopic (exact) mass is 221 g/mol. The number of hydrogen-bond acceptors (Lipinski definition) is 1. The minimum absolute atomic E-state index is 0.235. The molecule has 2 aliphatic rings. The van der Waals surface area contributed by atoms with Crippen molar-refractivity contribution in [3.8, 4) is 0 Å². The van der Waals surface area contributed by atoms with Crippen LogP contribution in [0.3, 0.4) is 0 Å². The van der Waals surface area contributed by atoms with Crippen LogP contribution in [0.1, 0.15) is 52.9 Å². The Morgan fingerprint density at radius 1 is 1.62 bits per heavy atom. The van der Waals surface area contributed by atoms with Gasteiger partial charge in [-0.2, -0.15) is 0 Å². The Hall–Kier alpha value is -0.790. The van der Waals surface area contributed by atoms with Gasteiger partial charge >= 0.3 is 0 Å². The molecule has 1 amide bonds. The van der Waals surface area contributed by atoms with Gasteiger partial charge in [0.1, 0.15) is 0 Å². The molecule has 2 nitrogen and oxygen atoms in total. The molecular formula is C14H23NO. The molecule has 1 fully saturated rings. The van der Waals surface area contributed by atoms with Crippen molar-refractivity contribution in [3.63, 3.8) is 0 Å². The van der Waals surface area contributed by atoms with E-state index in [1.54, 1.807) is 5.57 Å². The summed E-state index contributed by atoms with van der Waals surface area (Å²) in [5, 5.41) is 3.02. The first-order valence-corrected chi connectivity index (χ1v) is 6.46. The highest BCUT2D eigenvalue weighted by atomic mass is 16.1. The van der Waals surface area contributed by atoms with Crippen LogP contribution in [0.5, 0.6) is 0 Å². The normalized spacial score (nSPS) is 32.8. The fourth-order valence-electron chi connectivity index (χ4n) is 3.48. The first kappa shape index (κ1) is 11.7. The molecule has 2 rings (SSSR count). The Kier molecular flexibility index (Phi) is 3.09. The van der Waals surface area contributed by atoms with Crippen LogP contribution in [-0.4, -0.2) is 11.9 Å². The molecule has 0 aromatic heterocycles. The summed E-state index contributed by atoms with van der Waals surface area (Å²) in [6.07, 6.45) is 7.87. The molecule has 0 aromatic rings. The van der Waals surface area contributed by atoms with E-state index in [1.807, 2.05) is 13.8 Å². The molecule has 1 N–H and O–H groups in total. The predicted molar refractivity (Wildman–Crippen MR) is 66.0 cm³/mol. The third kappa shape index (κ3) is 2.47. The number of allylic oxidation sites excluding steroid dienone is 2. The average molecular weight is 221 g/mol. The minimum atomic E-state index is 0.235. The molecule has 0 aliphatic heterocycles. The van der Waals surface area contributed by atoms with Gasteiger partial charge in [0, 0.05) is 12.5 Å². The van der Waals surface area contributed by atoms with E-state index in [0.717, 1.165) is 18.8 Å². The zero-order valence-electron chi connectivity index (χ0n) is 10.7. The number of nitrogens with one attached hydrogen (secondary N) is 1. The SMILES string of the molecule is CC1CC2=CCC(CC(=O)NC(C)C)(C2)C1. The zero-order chi connectivity index (χ0) is 11.8. The van der Waals surface area contributed by atoms with Crippen molar-refractivity contribution in [2.75, 3.05) is 0 Å². The smallest absolute Gasteiger partial charge is 0.220 e. The number of hydrogen-bond donors (Lipinski definition) is 1. The first-order valence-electron chi connectivity index (χ1n) is 6.46. The molecule has 0 aromatic carbocycles. The van der Waals surface area contributed by atoms with Crippen LogP contribution < -0.4 is 5.32 Å². The molecule has 0 heterocycles. The van der Waals surface area contributed by atoms with Gasteiger partial charge in [-0.15, -0.1) is 0 Å². The molecule has 2 aliphatic carbocycles. The number of carbonyl (C=O) groups is 1. The largest absolute Gasteiger partial charge is 0.354 e. The van der Waals surface area contributed by atoms with Gasteiger partial charge in [-0.05, 0) is 50.9 Å². The first-order chi connectivity index (χ1) is 7.49. The lowest BCUT2D eigenvalue weighted by molar-refractivity contribution is -0.124. The Morgan fingerprint density at radius 3 is 3.06 bits per heavy atom. The summed E-state index contributed by atoms with van der Waals surface area (Å²) >= 11 is 0. The van der Waals surface area contributed by atoms with Crippen LogP contribution in [-0.2, 0) is 4.79 Å². The lowest BCUT2D eigenvalue weighted by Gasteiger charge is -2.36. The van der Waals surface area contributed by atoms with Crippen molar-refractivity contribution in [2.24, 2.45) is 11.3 Å². The van der Waals surface area contributed by atoms with Gasteiger partial charge in [-0.1, -0.05) is 18.6 Å². The second-order valence-corrected chi connectivity index (χ2v) is 6.16. The van der Waals surface area contributed by atoms with Gasteiger partial charge in [0.15, 0.2) is 0 Å². The van der Waals surface area contributed by atoms with Gasteiger partial charge in [0.2, 0.25) is 5.91 Å². The number of carbonyl (C=O) groups excluding carboxylic acids is 1. The maximum Gasteiger partial charge on any atom is 0.220 e. The molecule has 2 unspecified atom stereocenters. The van der Waals surface area contributed by atoms with Crippen LogP contribution in [0, 0.1) is 11.3 Å². The summed E-state index contributed by atoms with van der Waals surface area (Å²) < 4.78 is 0. The van der Waals surface area contributed by atoms with Crippen molar-refractivity contribution in [1.29, 1.82) is 0 Å². The highest BCUT2D eigenvalue weighted by molar-refractivity contribution is 5.77. The van der Waals surface area contributed by atoms with E-state index in [0.29, 0.717) is 0 Å². The number of rotatable bonds is 3. The standard InChI is InChI=1S/C14H23NO/c1-10(2)15-13(16)9-14-5-4-12(8-14)6-11(3)7-14/h4,10-11H,5-9H2,1-3H3,(H,15,16). The highest BCUT2D eigenvalue weighted by Crippen LogP contribution is 2.51. The van der Waals surface area contributed by atoms with Crippen LogP contribution in [0.4, 0.5) is 0 Å². The van der Waals surface area contributed by atoms with Gasteiger partial charge in [-0.3, -0.25) is 4.79 Å². The van der Waals surface area contributed by atoms with E-state index in [1.165, 1.54) is 19.3 Å². The van der Waals surface area contributed by atoms with E-state index >= 15 is 0 Å². The molecule has 2 atom stereocenters. The van der Waals surface area contributed by atoms with Gasteiger partial charge < -0.3 is 5.32 Å². The summed E-state index contributed by atoms with van der Waals surface area (Å²) in [5.41, 5.74) is 1.86. The van der Waals surface area contributed by atoms with Crippen molar-refractivity contribution >= 4 is 5.91 Å². The summed E-state index contributed by atoms with van der Waals surface area (Å²) in [6, 6.07) is 0.263. The topological polar surface area (TPSA) is 29.1 Å². The molecule has 90 valence electrons. The fourth-order valence-corrected chi connectivity index (χ4v) is 3.48. The van der Waals surface area contributed by atoms with Crippen molar-refractivity contribution in [3.05, 3.63) is 11.6 Å². The maximum atomic E-state index is 11.9. The second kappa shape index (κ2) is 4.23. The summed E-state index contributed by atoms with van der Waals surface area (Å²) in [4.78, 5) is 11.9. The van der Waals surface area contributed by atoms with E-state index in [9.17, 15) is 4.79 Å². The van der Waals surface area contributed by atoms with Crippen molar-refractivity contribution in [2.45, 2.75) is 58.9 Å². The lowest BCUT2D eigenvalue weighted by Crippen LogP contribution is -2.36. The second-order valence-electron chi connectivity index (χ2n) is 6.16. The molecule has 2 heteroatoms. The van der Waals surface area contributed by atoms with E-state index in [2.05, 4.69) is 18.3 Å². The van der Waals surface area contributed by atoms with Gasteiger partial charge in [0.25, 0.3) is 0 Å². The molecule has 16 heavy (non-hydrogen) atoms. The third-order valence-electron chi connectivity index (χ3n) is 3.80. The quantitative estimate of drug-likeness (QED) is 0.729. The summed E-state index contributed by atoms with van der Waals surface area (Å²) in [7, 11) is 0. The third-order valence-corrected chi connectivity index (χ3v) is 3.80. The van der Waals surface area contributed by atoms with Crippen LogP contribution in [0.15, 0.2) is 11.6 Å². The Labute approximate surface area is 98.5 Å². The van der Waals surface area contributed by atoms with E-state index in [4.69, 9.17) is 0 Å². The number of fused-ring (bicyclic) bond motifs is 2. The van der Waals surface area contributed by atoms with Gasteiger partial charge in [0.05, 0.1) is 0 Å². The fraction of sp³-hybridized carbons (Fsp3) is 0.786. The summed E-state index contributed by atoms with van der Waals surface area (Å²) in [6.45, 7) is 6.36. The molecular weight excluding hydrogens is 198 g/mol. The molecule has 0 saturated heterocycles. The Balaban J connectivity index is 1.96. The van der Waals surface area contributed by atoms with Gasteiger partial charge in [-0.25, -0.2) is 0 Å². The molecule has 2 bridgehead atoms. The predicted octanol–water partition coefficient (Wildman–Crippen LogP) is 3.04. The van der Waals surface area contributed by atoms with Crippen molar-refractivity contribution in [1.82, 2.24) is 5.32 Å². The van der Waals surface area contributed by atoms with Crippen LogP contribution in [0.25, 0.3) is 0 Å². The Morgan fingerprint density at radius 2 is 2.38 bits per heavy atom. The van der Waals surface area contributed by atoms with Crippen LogP contribution in [0.2, 0.25) is 0 Å². The average Bonchev–Trinajstić information content (AvgIpc) is 2.39. The molecule has 1 saturated carbocycles. The lowest BCUT2D eigenvalue weighted by atomic mass is 9.69. The Bertz CT molecular complexity index is 319. The number of amides is 1. The summed E-state index contributed by atoms with van der Waals surface area (Å²) in [5.74, 6) is 0.994. The highest BCUT2D eigenvalue weighted by Gasteiger charge is 2.41.